The highest BCUT2D eigenvalue weighted by molar-refractivity contribution is 5.69. The van der Waals surface area contributed by atoms with E-state index in [0.29, 0.717) is 18.9 Å². The minimum absolute atomic E-state index is 0.146. The number of hydrogen-bond donors (Lipinski definition) is 1. The third-order valence-electron chi connectivity index (χ3n) is 3.24. The molecule has 0 heterocycles. The van der Waals surface area contributed by atoms with Crippen LogP contribution in [0.2, 0.25) is 0 Å². The summed E-state index contributed by atoms with van der Waals surface area (Å²) in [4.78, 5) is 13.2. The van der Waals surface area contributed by atoms with Gasteiger partial charge in [-0.2, -0.15) is 0 Å². The van der Waals surface area contributed by atoms with E-state index < -0.39 is 0 Å². The first-order chi connectivity index (χ1) is 9.17. The number of likely N-dealkylation sites (N-methyl/N-ethyl adjacent to an activating group) is 1. The monoisotopic (exact) mass is 264 g/mol. The summed E-state index contributed by atoms with van der Waals surface area (Å²) in [6.45, 7) is 2.41. The zero-order valence-corrected chi connectivity index (χ0v) is 11.8. The van der Waals surface area contributed by atoms with Crippen LogP contribution in [0, 0.1) is 0 Å². The first-order valence-corrected chi connectivity index (χ1v) is 6.67. The molecule has 1 rings (SSSR count). The summed E-state index contributed by atoms with van der Waals surface area (Å²) in [5.74, 6) is 0.191. The molecule has 0 aliphatic heterocycles. The third-order valence-corrected chi connectivity index (χ3v) is 3.24. The van der Waals surface area contributed by atoms with E-state index in [1.54, 1.807) is 0 Å². The molecule has 0 spiro atoms. The Morgan fingerprint density at radius 3 is 2.63 bits per heavy atom. The molecular formula is C15H24N2O2. The van der Waals surface area contributed by atoms with Gasteiger partial charge in [0, 0.05) is 25.4 Å². The molecule has 4 heteroatoms. The third kappa shape index (κ3) is 5.85. The number of nitrogens with zero attached hydrogens (tertiary/aromatic N) is 1. The molecule has 0 aromatic heterocycles. The molecule has 0 aliphatic carbocycles. The van der Waals surface area contributed by atoms with E-state index in [1.807, 2.05) is 18.2 Å². The average molecular weight is 264 g/mol. The Kier molecular flexibility index (Phi) is 7.15. The zero-order chi connectivity index (χ0) is 14.1. The van der Waals surface area contributed by atoms with E-state index in [-0.39, 0.29) is 5.97 Å². The molecule has 0 bridgehead atoms. The molecule has 0 aliphatic rings. The quantitative estimate of drug-likeness (QED) is 0.725. The molecule has 1 unspecified atom stereocenters. The summed E-state index contributed by atoms with van der Waals surface area (Å²) >= 11 is 0. The van der Waals surface area contributed by atoms with Crippen LogP contribution < -0.4 is 5.73 Å². The molecule has 0 fully saturated rings. The van der Waals surface area contributed by atoms with Crippen molar-refractivity contribution in [2.75, 3.05) is 33.8 Å². The van der Waals surface area contributed by atoms with E-state index in [1.165, 1.54) is 12.7 Å². The second-order valence-electron chi connectivity index (χ2n) is 4.79. The van der Waals surface area contributed by atoms with Crippen LogP contribution in [0.15, 0.2) is 30.3 Å². The smallest absolute Gasteiger partial charge is 0.305 e. The lowest BCUT2D eigenvalue weighted by Gasteiger charge is -2.23. The lowest BCUT2D eigenvalue weighted by molar-refractivity contribution is -0.140. The maximum absolute atomic E-state index is 11.0. The number of esters is 1. The van der Waals surface area contributed by atoms with Crippen molar-refractivity contribution in [1.82, 2.24) is 4.90 Å². The maximum Gasteiger partial charge on any atom is 0.305 e. The fraction of sp³-hybridized carbons (Fsp3) is 0.533. The summed E-state index contributed by atoms with van der Waals surface area (Å²) in [5, 5.41) is 0. The number of hydrogen-bond acceptors (Lipinski definition) is 4. The minimum atomic E-state index is -0.146. The number of nitrogens with two attached hydrogens (primary N) is 1. The average Bonchev–Trinajstić information content (AvgIpc) is 2.45. The van der Waals surface area contributed by atoms with Crippen LogP contribution >= 0.6 is 0 Å². The van der Waals surface area contributed by atoms with Gasteiger partial charge in [0.05, 0.1) is 7.11 Å². The number of rotatable bonds is 8. The molecular weight excluding hydrogens is 240 g/mol. The van der Waals surface area contributed by atoms with Crippen molar-refractivity contribution in [2.24, 2.45) is 5.73 Å². The van der Waals surface area contributed by atoms with E-state index in [2.05, 4.69) is 28.8 Å². The molecule has 1 atom stereocenters. The van der Waals surface area contributed by atoms with E-state index in [4.69, 9.17) is 5.73 Å². The van der Waals surface area contributed by atoms with Gasteiger partial charge in [-0.15, -0.1) is 0 Å². The van der Waals surface area contributed by atoms with E-state index >= 15 is 0 Å². The molecule has 1 aromatic rings. The Morgan fingerprint density at radius 2 is 2.05 bits per heavy atom. The minimum Gasteiger partial charge on any atom is -0.469 e. The molecule has 106 valence electrons. The first kappa shape index (κ1) is 15.7. The molecule has 0 amide bonds. The Balaban J connectivity index is 2.37. The molecule has 0 saturated carbocycles. The predicted octanol–water partition coefficient (Wildman–Crippen LogP) is 1.61. The number of carbonyl (C=O) groups excluding carboxylic acids is 1. The van der Waals surface area contributed by atoms with Crippen molar-refractivity contribution in [1.29, 1.82) is 0 Å². The van der Waals surface area contributed by atoms with Crippen LogP contribution in [0.25, 0.3) is 0 Å². The number of carbonyl (C=O) groups is 1. The van der Waals surface area contributed by atoms with Crippen LogP contribution in [-0.2, 0) is 9.53 Å². The standard InChI is InChI=1S/C15H24N2O2/c1-17(10-6-9-15(18)19-2)12-14(11-16)13-7-4-3-5-8-13/h3-5,7-8,14H,6,9-12,16H2,1-2H3. The molecule has 4 nitrogen and oxygen atoms in total. The number of benzene rings is 1. The van der Waals surface area contributed by atoms with Crippen LogP contribution in [0.4, 0.5) is 0 Å². The van der Waals surface area contributed by atoms with Gasteiger partial charge in [0.15, 0.2) is 0 Å². The summed E-state index contributed by atoms with van der Waals surface area (Å²) in [6.07, 6.45) is 1.29. The SMILES string of the molecule is COC(=O)CCCN(C)CC(CN)c1ccccc1. The van der Waals surface area contributed by atoms with Gasteiger partial charge in [-0.3, -0.25) is 4.79 Å². The molecule has 0 radical (unpaired) electrons. The molecule has 0 saturated heterocycles. The maximum atomic E-state index is 11.0. The fourth-order valence-corrected chi connectivity index (χ4v) is 2.10. The second-order valence-corrected chi connectivity index (χ2v) is 4.79. The first-order valence-electron chi connectivity index (χ1n) is 6.67. The fourth-order valence-electron chi connectivity index (χ4n) is 2.10. The van der Waals surface area contributed by atoms with Crippen molar-refractivity contribution in [3.8, 4) is 0 Å². The van der Waals surface area contributed by atoms with Gasteiger partial charge in [-0.25, -0.2) is 0 Å². The largest absolute Gasteiger partial charge is 0.469 e. The van der Waals surface area contributed by atoms with Crippen LogP contribution in [-0.4, -0.2) is 44.7 Å². The summed E-state index contributed by atoms with van der Waals surface area (Å²) < 4.78 is 4.63. The van der Waals surface area contributed by atoms with Crippen LogP contribution in [0.1, 0.15) is 24.3 Å². The highest BCUT2D eigenvalue weighted by Gasteiger charge is 2.12. The lowest BCUT2D eigenvalue weighted by atomic mass is 9.99. The van der Waals surface area contributed by atoms with Gasteiger partial charge >= 0.3 is 5.97 Å². The number of methoxy groups -OCH3 is 1. The Bertz CT molecular complexity index is 368. The highest BCUT2D eigenvalue weighted by Crippen LogP contribution is 2.15. The van der Waals surface area contributed by atoms with Gasteiger partial charge in [0.25, 0.3) is 0 Å². The molecule has 19 heavy (non-hydrogen) atoms. The topological polar surface area (TPSA) is 55.6 Å². The van der Waals surface area contributed by atoms with Gasteiger partial charge in [0.1, 0.15) is 0 Å². The van der Waals surface area contributed by atoms with E-state index in [9.17, 15) is 4.79 Å². The van der Waals surface area contributed by atoms with Crippen molar-refractivity contribution in [3.63, 3.8) is 0 Å². The van der Waals surface area contributed by atoms with Crippen molar-refractivity contribution in [3.05, 3.63) is 35.9 Å². The van der Waals surface area contributed by atoms with Crippen molar-refractivity contribution in [2.45, 2.75) is 18.8 Å². The molecule has 1 aromatic carbocycles. The zero-order valence-electron chi connectivity index (χ0n) is 11.8. The normalized spacial score (nSPS) is 12.4. The Hall–Kier alpha value is -1.39. The van der Waals surface area contributed by atoms with Gasteiger partial charge in [-0.1, -0.05) is 30.3 Å². The van der Waals surface area contributed by atoms with Crippen LogP contribution in [0.3, 0.4) is 0 Å². The Morgan fingerprint density at radius 1 is 1.37 bits per heavy atom. The summed E-state index contributed by atoms with van der Waals surface area (Å²) in [7, 11) is 3.48. The second kappa shape index (κ2) is 8.67. The molecule has 2 N–H and O–H groups in total. The van der Waals surface area contributed by atoms with Gasteiger partial charge < -0.3 is 15.4 Å². The van der Waals surface area contributed by atoms with Gasteiger partial charge in [0.2, 0.25) is 0 Å². The van der Waals surface area contributed by atoms with Crippen molar-refractivity contribution >= 4 is 5.97 Å². The summed E-state index contributed by atoms with van der Waals surface area (Å²) in [6, 6.07) is 10.3. The highest BCUT2D eigenvalue weighted by atomic mass is 16.5. The lowest BCUT2D eigenvalue weighted by Crippen LogP contribution is -2.29. The number of ether oxygens (including phenoxy) is 1. The van der Waals surface area contributed by atoms with E-state index in [0.717, 1.165) is 19.5 Å². The van der Waals surface area contributed by atoms with Crippen molar-refractivity contribution < 1.29 is 9.53 Å². The summed E-state index contributed by atoms with van der Waals surface area (Å²) in [5.41, 5.74) is 7.12. The van der Waals surface area contributed by atoms with Gasteiger partial charge in [-0.05, 0) is 25.6 Å². The van der Waals surface area contributed by atoms with Crippen LogP contribution in [0.5, 0.6) is 0 Å². The predicted molar refractivity (Wildman–Crippen MR) is 77.0 cm³/mol. The Labute approximate surface area is 115 Å².